The third kappa shape index (κ3) is 5.53. The second-order valence-electron chi connectivity index (χ2n) is 10.5. The fourth-order valence-corrected chi connectivity index (χ4v) is 5.81. The van der Waals surface area contributed by atoms with E-state index in [9.17, 15) is 0 Å². The topological polar surface area (TPSA) is 57.9 Å². The van der Waals surface area contributed by atoms with Gasteiger partial charge in [0, 0.05) is 34.8 Å². The summed E-state index contributed by atoms with van der Waals surface area (Å²) in [6, 6.07) is 26.1. The van der Waals surface area contributed by atoms with E-state index in [4.69, 9.17) is 15.0 Å². The number of nitrogens with zero attached hydrogens (tertiary/aromatic N) is 2. The first-order valence-corrected chi connectivity index (χ1v) is 13.4. The van der Waals surface area contributed by atoms with Gasteiger partial charge in [-0.15, -0.1) is 0 Å². The zero-order valence-electron chi connectivity index (χ0n) is 22.0. The van der Waals surface area contributed by atoms with Crippen LogP contribution in [-0.2, 0) is 6.42 Å². The van der Waals surface area contributed by atoms with E-state index in [0.717, 1.165) is 51.2 Å². The van der Waals surface area contributed by atoms with Gasteiger partial charge < -0.3 is 10.1 Å². The zero-order chi connectivity index (χ0) is 25.8. The molecule has 1 unspecified atom stereocenters. The molecule has 2 heterocycles. The summed E-state index contributed by atoms with van der Waals surface area (Å²) in [7, 11) is 1.73. The number of hydrogen-bond acceptors (Lipinski definition) is 4. The maximum atomic E-state index is 9.13. The number of aryl methyl sites for hydroxylation is 1. The predicted octanol–water partition coefficient (Wildman–Crippen LogP) is 7.55. The number of aromatic nitrogens is 1. The molecule has 4 nitrogen and oxygen atoms in total. The van der Waals surface area contributed by atoms with Crippen LogP contribution in [0, 0.1) is 17.2 Å². The molecule has 3 aromatic carbocycles. The van der Waals surface area contributed by atoms with Crippen molar-refractivity contribution in [3.05, 3.63) is 84.1 Å². The molecular formula is C33H35N3O. The smallest absolute Gasteiger partial charge is 0.137 e. The highest BCUT2D eigenvalue weighted by molar-refractivity contribution is 6.00. The van der Waals surface area contributed by atoms with Gasteiger partial charge in [-0.25, -0.2) is 0 Å². The Labute approximate surface area is 220 Å². The SMILES string of the molecule is COc1c(-c2ccc(CCC3CC[C@@H](C)N[C@@H](C)C3)cc2)cnc2c(-c3ccc(C#N)cc3)cccc12. The van der Waals surface area contributed by atoms with Crippen molar-refractivity contribution in [1.82, 2.24) is 10.3 Å². The maximum absolute atomic E-state index is 9.13. The van der Waals surface area contributed by atoms with Gasteiger partial charge in [0.2, 0.25) is 0 Å². The van der Waals surface area contributed by atoms with E-state index >= 15 is 0 Å². The van der Waals surface area contributed by atoms with Crippen LogP contribution in [0.2, 0.25) is 0 Å². The van der Waals surface area contributed by atoms with E-state index in [-0.39, 0.29) is 0 Å². The summed E-state index contributed by atoms with van der Waals surface area (Å²) < 4.78 is 5.94. The molecule has 0 saturated carbocycles. The number of pyridine rings is 1. The van der Waals surface area contributed by atoms with Gasteiger partial charge in [0.05, 0.1) is 24.3 Å². The number of para-hydroxylation sites is 1. The van der Waals surface area contributed by atoms with Crippen molar-refractivity contribution in [1.29, 1.82) is 5.26 Å². The Balaban J connectivity index is 1.38. The molecule has 0 radical (unpaired) electrons. The molecule has 1 fully saturated rings. The highest BCUT2D eigenvalue weighted by Gasteiger charge is 2.20. The van der Waals surface area contributed by atoms with Gasteiger partial charge in [-0.3, -0.25) is 4.98 Å². The Morgan fingerprint density at radius 3 is 2.38 bits per heavy atom. The monoisotopic (exact) mass is 489 g/mol. The zero-order valence-corrected chi connectivity index (χ0v) is 22.0. The van der Waals surface area contributed by atoms with E-state index in [1.807, 2.05) is 36.5 Å². The van der Waals surface area contributed by atoms with E-state index in [1.54, 1.807) is 7.11 Å². The number of methoxy groups -OCH3 is 1. The van der Waals surface area contributed by atoms with Gasteiger partial charge in [0.1, 0.15) is 5.75 Å². The van der Waals surface area contributed by atoms with Crippen LogP contribution >= 0.6 is 0 Å². The fourth-order valence-electron chi connectivity index (χ4n) is 5.81. The largest absolute Gasteiger partial charge is 0.495 e. The van der Waals surface area contributed by atoms with Crippen molar-refractivity contribution < 1.29 is 4.74 Å². The molecule has 0 bridgehead atoms. The minimum absolute atomic E-state index is 0.607. The maximum Gasteiger partial charge on any atom is 0.137 e. The first-order valence-electron chi connectivity index (χ1n) is 13.4. The van der Waals surface area contributed by atoms with Crippen LogP contribution in [-0.4, -0.2) is 24.2 Å². The summed E-state index contributed by atoms with van der Waals surface area (Å²) in [4.78, 5) is 4.88. The van der Waals surface area contributed by atoms with E-state index < -0.39 is 0 Å². The molecule has 0 amide bonds. The molecule has 1 aromatic heterocycles. The lowest BCUT2D eigenvalue weighted by Crippen LogP contribution is -2.32. The lowest BCUT2D eigenvalue weighted by atomic mass is 9.90. The normalized spacial score (nSPS) is 19.8. The molecule has 3 atom stereocenters. The Kier molecular flexibility index (Phi) is 7.53. The van der Waals surface area contributed by atoms with Gasteiger partial charge in [-0.05, 0) is 86.8 Å². The Bertz CT molecular complexity index is 1400. The molecule has 188 valence electrons. The van der Waals surface area contributed by atoms with E-state index in [2.05, 4.69) is 61.6 Å². The summed E-state index contributed by atoms with van der Waals surface area (Å²) in [6.45, 7) is 4.63. The standard InChI is InChI=1S/C33H35N3O/c1-22-7-8-25(19-23(2)36-22)10-9-24-11-15-28(16-12-24)31-21-35-32-29(5-4-6-30(32)33(31)37-3)27-17-13-26(20-34)14-18-27/h4-6,11-18,21-23,25,36H,7-10,19H2,1-3H3/t22-,23+,25?/m1/s1. The third-order valence-corrected chi connectivity index (χ3v) is 7.75. The Morgan fingerprint density at radius 2 is 1.65 bits per heavy atom. The minimum Gasteiger partial charge on any atom is -0.495 e. The van der Waals surface area contributed by atoms with Gasteiger partial charge in [-0.1, -0.05) is 48.5 Å². The quantitative estimate of drug-likeness (QED) is 0.304. The van der Waals surface area contributed by atoms with Crippen LogP contribution < -0.4 is 10.1 Å². The first-order chi connectivity index (χ1) is 18.1. The molecule has 4 heteroatoms. The Morgan fingerprint density at radius 1 is 0.919 bits per heavy atom. The van der Waals surface area contributed by atoms with Crippen molar-refractivity contribution in [2.45, 2.75) is 58.0 Å². The summed E-state index contributed by atoms with van der Waals surface area (Å²) in [5.74, 6) is 1.63. The highest BCUT2D eigenvalue weighted by atomic mass is 16.5. The third-order valence-electron chi connectivity index (χ3n) is 7.75. The molecule has 1 saturated heterocycles. The lowest BCUT2D eigenvalue weighted by molar-refractivity contribution is 0.402. The van der Waals surface area contributed by atoms with E-state index in [1.165, 1.54) is 31.2 Å². The lowest BCUT2D eigenvalue weighted by Gasteiger charge is -2.18. The number of rotatable bonds is 6. The average molecular weight is 490 g/mol. The highest BCUT2D eigenvalue weighted by Crippen LogP contribution is 2.39. The second kappa shape index (κ2) is 11.2. The summed E-state index contributed by atoms with van der Waals surface area (Å²) in [5.41, 5.74) is 7.10. The first kappa shape index (κ1) is 25.0. The number of fused-ring (bicyclic) bond motifs is 1. The molecule has 5 rings (SSSR count). The molecule has 0 aliphatic carbocycles. The number of nitrogens with one attached hydrogen (secondary N) is 1. The van der Waals surface area contributed by atoms with Crippen molar-refractivity contribution in [3.63, 3.8) is 0 Å². The van der Waals surface area contributed by atoms with Crippen molar-refractivity contribution in [2.75, 3.05) is 7.11 Å². The van der Waals surface area contributed by atoms with E-state index in [0.29, 0.717) is 17.6 Å². The molecular weight excluding hydrogens is 454 g/mol. The van der Waals surface area contributed by atoms with Crippen molar-refractivity contribution in [3.8, 4) is 34.1 Å². The molecule has 1 aliphatic rings. The van der Waals surface area contributed by atoms with Crippen LogP contribution in [0.5, 0.6) is 5.75 Å². The van der Waals surface area contributed by atoms with Crippen LogP contribution in [0.15, 0.2) is 72.9 Å². The van der Waals surface area contributed by atoms with Gasteiger partial charge in [0.15, 0.2) is 0 Å². The average Bonchev–Trinajstić information content (AvgIpc) is 3.10. The summed E-state index contributed by atoms with van der Waals surface area (Å²) in [5, 5.41) is 13.8. The van der Waals surface area contributed by atoms with Crippen molar-refractivity contribution in [2.24, 2.45) is 5.92 Å². The van der Waals surface area contributed by atoms with Crippen LogP contribution in [0.3, 0.4) is 0 Å². The number of ether oxygens (including phenoxy) is 1. The van der Waals surface area contributed by atoms with Gasteiger partial charge in [-0.2, -0.15) is 5.26 Å². The minimum atomic E-state index is 0.607. The second-order valence-corrected chi connectivity index (χ2v) is 10.5. The van der Waals surface area contributed by atoms with Crippen molar-refractivity contribution >= 4 is 10.9 Å². The molecule has 4 aromatic rings. The predicted molar refractivity (Wildman–Crippen MR) is 152 cm³/mol. The molecule has 37 heavy (non-hydrogen) atoms. The molecule has 1 aliphatic heterocycles. The van der Waals surface area contributed by atoms with Crippen LogP contribution in [0.4, 0.5) is 0 Å². The van der Waals surface area contributed by atoms with Crippen LogP contribution in [0.1, 0.15) is 50.7 Å². The Hall–Kier alpha value is -3.68. The molecule has 0 spiro atoms. The number of hydrogen-bond donors (Lipinski definition) is 1. The summed E-state index contributed by atoms with van der Waals surface area (Å²) >= 11 is 0. The van der Waals surface area contributed by atoms with Gasteiger partial charge in [0.25, 0.3) is 0 Å². The fraction of sp³-hybridized carbons (Fsp3) is 0.333. The van der Waals surface area contributed by atoms with Crippen LogP contribution in [0.25, 0.3) is 33.2 Å². The number of benzene rings is 3. The molecule has 1 N–H and O–H groups in total. The van der Waals surface area contributed by atoms with Gasteiger partial charge >= 0.3 is 0 Å². The summed E-state index contributed by atoms with van der Waals surface area (Å²) in [6.07, 6.45) is 8.15. The number of nitriles is 1.